The van der Waals surface area contributed by atoms with Crippen LogP contribution in [-0.4, -0.2) is 22.6 Å². The Balaban J connectivity index is 3.31. The van der Waals surface area contributed by atoms with Crippen molar-refractivity contribution < 1.29 is 17.9 Å². The maximum atomic E-state index is 11.4. The molecule has 6 nitrogen and oxygen atoms in total. The molecular weight excluding hydrogens is 220 g/mol. The van der Waals surface area contributed by atoms with Crippen molar-refractivity contribution in [2.45, 2.75) is 4.90 Å². The molecule has 7 heteroatoms. The summed E-state index contributed by atoms with van der Waals surface area (Å²) in [6.45, 7) is 0. The molecule has 1 aromatic carbocycles. The van der Waals surface area contributed by atoms with Gasteiger partial charge in [0.15, 0.2) is 0 Å². The summed E-state index contributed by atoms with van der Waals surface area (Å²) in [5.74, 6) is 5.58. The minimum atomic E-state index is -3.72. The van der Waals surface area contributed by atoms with Gasteiger partial charge in [0, 0.05) is 6.07 Å². The van der Waals surface area contributed by atoms with Crippen molar-refractivity contribution in [3.05, 3.63) is 18.2 Å². The average molecular weight is 232 g/mol. The third-order valence-corrected chi connectivity index (χ3v) is 3.04. The van der Waals surface area contributed by atoms with E-state index in [4.69, 9.17) is 15.3 Å². The van der Waals surface area contributed by atoms with E-state index in [0.717, 1.165) is 0 Å². The van der Waals surface area contributed by atoms with Crippen molar-refractivity contribution in [1.82, 2.24) is 4.83 Å². The van der Waals surface area contributed by atoms with E-state index >= 15 is 0 Å². The Kier molecular flexibility index (Phi) is 3.51. The number of rotatable bonds is 4. The minimum absolute atomic E-state index is 0.0340. The Morgan fingerprint density at radius 2 is 1.93 bits per heavy atom. The van der Waals surface area contributed by atoms with Crippen LogP contribution in [0.3, 0.4) is 0 Å². The van der Waals surface area contributed by atoms with Crippen molar-refractivity contribution in [3.8, 4) is 11.5 Å². The fourth-order valence-electron chi connectivity index (χ4n) is 1.06. The molecule has 0 atom stereocenters. The lowest BCUT2D eigenvalue weighted by Crippen LogP contribution is -2.30. The summed E-state index contributed by atoms with van der Waals surface area (Å²) >= 11 is 0. The van der Waals surface area contributed by atoms with E-state index in [2.05, 4.69) is 0 Å². The highest BCUT2D eigenvalue weighted by atomic mass is 32.2. The van der Waals surface area contributed by atoms with Gasteiger partial charge >= 0.3 is 0 Å². The predicted octanol–water partition coefficient (Wildman–Crippen LogP) is -0.144. The van der Waals surface area contributed by atoms with E-state index in [9.17, 15) is 8.42 Å². The second-order valence-electron chi connectivity index (χ2n) is 2.64. The van der Waals surface area contributed by atoms with E-state index in [-0.39, 0.29) is 10.6 Å². The summed E-state index contributed by atoms with van der Waals surface area (Å²) in [7, 11) is -0.877. The van der Waals surface area contributed by atoms with E-state index in [1.54, 1.807) is 4.83 Å². The number of sulfonamides is 1. The molecule has 0 aliphatic rings. The van der Waals surface area contributed by atoms with Crippen molar-refractivity contribution in [3.63, 3.8) is 0 Å². The molecule has 1 aromatic rings. The van der Waals surface area contributed by atoms with Gasteiger partial charge in [-0.25, -0.2) is 8.42 Å². The lowest BCUT2D eigenvalue weighted by molar-refractivity contribution is 0.386. The number of ether oxygens (including phenoxy) is 2. The van der Waals surface area contributed by atoms with Crippen LogP contribution in [0.25, 0.3) is 0 Å². The monoisotopic (exact) mass is 232 g/mol. The highest BCUT2D eigenvalue weighted by Crippen LogP contribution is 2.27. The number of hydrogen-bond donors (Lipinski definition) is 2. The summed E-state index contributed by atoms with van der Waals surface area (Å²) in [5, 5.41) is 0. The van der Waals surface area contributed by atoms with Gasteiger partial charge < -0.3 is 9.47 Å². The summed E-state index contributed by atoms with van der Waals surface area (Å²) in [5.41, 5.74) is 0. The molecule has 84 valence electrons. The maximum Gasteiger partial charge on any atom is 0.256 e. The number of hydrazine groups is 1. The molecule has 1 rings (SSSR count). The third kappa shape index (κ3) is 2.38. The van der Waals surface area contributed by atoms with Crippen LogP contribution in [0, 0.1) is 0 Å². The molecule has 0 aliphatic heterocycles. The van der Waals surface area contributed by atoms with E-state index in [1.165, 1.54) is 32.4 Å². The van der Waals surface area contributed by atoms with Crippen LogP contribution in [0.4, 0.5) is 0 Å². The molecule has 0 saturated heterocycles. The summed E-state index contributed by atoms with van der Waals surface area (Å²) in [6, 6.07) is 4.32. The van der Waals surface area contributed by atoms with Gasteiger partial charge in [-0.05, 0) is 12.1 Å². The van der Waals surface area contributed by atoms with Gasteiger partial charge in [-0.1, -0.05) is 0 Å². The number of benzene rings is 1. The SMILES string of the molecule is COc1ccc(S(=O)(=O)NN)c(OC)c1. The van der Waals surface area contributed by atoms with Crippen LogP contribution in [-0.2, 0) is 10.0 Å². The molecule has 0 bridgehead atoms. The highest BCUT2D eigenvalue weighted by Gasteiger charge is 2.18. The lowest BCUT2D eigenvalue weighted by atomic mass is 10.3. The van der Waals surface area contributed by atoms with E-state index in [1.807, 2.05) is 0 Å². The standard InChI is InChI=1S/C8H12N2O4S/c1-13-6-3-4-8(7(5-6)14-2)15(11,12)10-9/h3-5,10H,9H2,1-2H3. The van der Waals surface area contributed by atoms with Gasteiger partial charge in [-0.3, -0.25) is 5.84 Å². The Morgan fingerprint density at radius 3 is 2.40 bits per heavy atom. The predicted molar refractivity (Wildman–Crippen MR) is 54.1 cm³/mol. The summed E-state index contributed by atoms with van der Waals surface area (Å²) < 4.78 is 32.7. The molecule has 0 fully saturated rings. The molecule has 0 aliphatic carbocycles. The van der Waals surface area contributed by atoms with Crippen LogP contribution >= 0.6 is 0 Å². The molecule has 0 radical (unpaired) electrons. The van der Waals surface area contributed by atoms with Gasteiger partial charge in [-0.2, -0.15) is 0 Å². The minimum Gasteiger partial charge on any atom is -0.497 e. The average Bonchev–Trinajstić information content (AvgIpc) is 2.28. The van der Waals surface area contributed by atoms with Gasteiger partial charge in [0.1, 0.15) is 16.4 Å². The molecule has 0 saturated carbocycles. The zero-order chi connectivity index (χ0) is 11.5. The molecule has 15 heavy (non-hydrogen) atoms. The first-order chi connectivity index (χ1) is 7.05. The zero-order valence-electron chi connectivity index (χ0n) is 8.35. The first-order valence-electron chi connectivity index (χ1n) is 3.99. The van der Waals surface area contributed by atoms with E-state index < -0.39 is 10.0 Å². The molecule has 0 unspecified atom stereocenters. The lowest BCUT2D eigenvalue weighted by Gasteiger charge is -2.09. The van der Waals surface area contributed by atoms with Gasteiger partial charge in [0.25, 0.3) is 10.0 Å². The maximum absolute atomic E-state index is 11.4. The Bertz CT molecular complexity index is 444. The van der Waals surface area contributed by atoms with Crippen molar-refractivity contribution in [2.75, 3.05) is 14.2 Å². The zero-order valence-corrected chi connectivity index (χ0v) is 9.17. The molecular formula is C8H12N2O4S. The summed E-state index contributed by atoms with van der Waals surface area (Å²) in [6.07, 6.45) is 0. The smallest absolute Gasteiger partial charge is 0.256 e. The van der Waals surface area contributed by atoms with Crippen molar-refractivity contribution in [1.29, 1.82) is 0 Å². The number of hydrogen-bond acceptors (Lipinski definition) is 5. The fraction of sp³-hybridized carbons (Fsp3) is 0.250. The molecule has 0 spiro atoms. The van der Waals surface area contributed by atoms with Crippen LogP contribution in [0.15, 0.2) is 23.1 Å². The van der Waals surface area contributed by atoms with Crippen LogP contribution in [0.5, 0.6) is 11.5 Å². The number of methoxy groups -OCH3 is 2. The van der Waals surface area contributed by atoms with Gasteiger partial charge in [-0.15, -0.1) is 4.83 Å². The normalized spacial score (nSPS) is 11.1. The highest BCUT2D eigenvalue weighted by molar-refractivity contribution is 7.89. The van der Waals surface area contributed by atoms with E-state index in [0.29, 0.717) is 5.75 Å². The molecule has 0 amide bonds. The Hall–Kier alpha value is -1.31. The van der Waals surface area contributed by atoms with Crippen molar-refractivity contribution in [2.24, 2.45) is 5.84 Å². The second-order valence-corrected chi connectivity index (χ2v) is 4.32. The topological polar surface area (TPSA) is 90.7 Å². The fourth-order valence-corrected chi connectivity index (χ4v) is 1.84. The molecule has 3 N–H and O–H groups in total. The molecule has 0 heterocycles. The summed E-state index contributed by atoms with van der Waals surface area (Å²) in [4.78, 5) is 1.69. The largest absolute Gasteiger partial charge is 0.497 e. The van der Waals surface area contributed by atoms with Crippen LogP contribution in [0.2, 0.25) is 0 Å². The van der Waals surface area contributed by atoms with Crippen LogP contribution < -0.4 is 20.1 Å². The Labute approximate surface area is 88.0 Å². The Morgan fingerprint density at radius 1 is 1.27 bits per heavy atom. The van der Waals surface area contributed by atoms with Gasteiger partial charge in [0.05, 0.1) is 14.2 Å². The van der Waals surface area contributed by atoms with Crippen molar-refractivity contribution >= 4 is 10.0 Å². The first kappa shape index (κ1) is 11.8. The van der Waals surface area contributed by atoms with Gasteiger partial charge in [0.2, 0.25) is 0 Å². The van der Waals surface area contributed by atoms with Crippen LogP contribution in [0.1, 0.15) is 0 Å². The molecule has 0 aromatic heterocycles. The third-order valence-electron chi connectivity index (χ3n) is 1.82. The number of nitrogens with one attached hydrogen (secondary N) is 1. The quantitative estimate of drug-likeness (QED) is 0.556. The first-order valence-corrected chi connectivity index (χ1v) is 5.48. The second kappa shape index (κ2) is 4.47. The number of nitrogens with two attached hydrogens (primary N) is 1.